The highest BCUT2D eigenvalue weighted by atomic mass is 16.7. The zero-order valence-electron chi connectivity index (χ0n) is 11.7. The van der Waals surface area contributed by atoms with Crippen LogP contribution in [-0.4, -0.2) is 18.6 Å². The highest BCUT2D eigenvalue weighted by Crippen LogP contribution is 2.32. The van der Waals surface area contributed by atoms with E-state index in [0.717, 1.165) is 5.56 Å². The number of ether oxygens (including phenoxy) is 2. The largest absolute Gasteiger partial charge is 0.454 e. The Morgan fingerprint density at radius 1 is 1.05 bits per heavy atom. The molecule has 2 aromatic carbocycles. The fourth-order valence-corrected chi connectivity index (χ4v) is 2.16. The van der Waals surface area contributed by atoms with Crippen molar-refractivity contribution in [2.45, 2.75) is 6.42 Å². The van der Waals surface area contributed by atoms with Gasteiger partial charge in [0.15, 0.2) is 11.5 Å². The minimum Gasteiger partial charge on any atom is -0.454 e. The second-order valence-electron chi connectivity index (χ2n) is 4.85. The van der Waals surface area contributed by atoms with Gasteiger partial charge in [0.1, 0.15) is 0 Å². The van der Waals surface area contributed by atoms with E-state index in [1.54, 1.807) is 36.4 Å². The minimum absolute atomic E-state index is 0.161. The van der Waals surface area contributed by atoms with E-state index in [4.69, 9.17) is 15.2 Å². The summed E-state index contributed by atoms with van der Waals surface area (Å²) in [7, 11) is 0. The smallest absolute Gasteiger partial charge is 0.248 e. The number of amides is 2. The van der Waals surface area contributed by atoms with Crippen LogP contribution in [0.25, 0.3) is 0 Å². The summed E-state index contributed by atoms with van der Waals surface area (Å²) in [5, 5.41) is 2.76. The summed E-state index contributed by atoms with van der Waals surface area (Å²) in [6, 6.07) is 11.8. The summed E-state index contributed by atoms with van der Waals surface area (Å²) in [5.74, 6) is 0.672. The lowest BCUT2D eigenvalue weighted by atomic mass is 10.1. The fraction of sp³-hybridized carbons (Fsp3) is 0.125. The van der Waals surface area contributed by atoms with Crippen molar-refractivity contribution in [1.29, 1.82) is 0 Å². The lowest BCUT2D eigenvalue weighted by Gasteiger charge is -2.06. The highest BCUT2D eigenvalue weighted by molar-refractivity contribution is 5.95. The second kappa shape index (κ2) is 5.77. The van der Waals surface area contributed by atoms with E-state index in [0.29, 0.717) is 22.7 Å². The van der Waals surface area contributed by atoms with Gasteiger partial charge in [0.2, 0.25) is 18.6 Å². The molecule has 1 aliphatic heterocycles. The first-order chi connectivity index (χ1) is 10.6. The van der Waals surface area contributed by atoms with Crippen molar-refractivity contribution in [3.63, 3.8) is 0 Å². The molecule has 1 heterocycles. The predicted molar refractivity (Wildman–Crippen MR) is 79.9 cm³/mol. The van der Waals surface area contributed by atoms with Gasteiger partial charge in [-0.25, -0.2) is 0 Å². The molecule has 3 rings (SSSR count). The molecule has 0 saturated carbocycles. The molecular weight excluding hydrogens is 284 g/mol. The van der Waals surface area contributed by atoms with Gasteiger partial charge in [-0.1, -0.05) is 6.07 Å². The van der Waals surface area contributed by atoms with Crippen LogP contribution < -0.4 is 20.5 Å². The van der Waals surface area contributed by atoms with E-state index in [-0.39, 0.29) is 19.1 Å². The summed E-state index contributed by atoms with van der Waals surface area (Å²) >= 11 is 0. The normalized spacial score (nSPS) is 12.0. The first-order valence-corrected chi connectivity index (χ1v) is 6.70. The SMILES string of the molecule is NC(=O)c1ccc(NC(=O)Cc2ccc3c(c2)OCO3)cc1. The first kappa shape index (κ1) is 13.9. The van der Waals surface area contributed by atoms with Gasteiger partial charge in [0.25, 0.3) is 0 Å². The third-order valence-corrected chi connectivity index (χ3v) is 3.25. The van der Waals surface area contributed by atoms with Crippen LogP contribution in [0.4, 0.5) is 5.69 Å². The predicted octanol–water partition coefficient (Wildman–Crippen LogP) is 1.70. The van der Waals surface area contributed by atoms with E-state index in [1.165, 1.54) is 0 Å². The number of rotatable bonds is 4. The van der Waals surface area contributed by atoms with Gasteiger partial charge in [0, 0.05) is 11.3 Å². The Morgan fingerprint density at radius 3 is 2.50 bits per heavy atom. The highest BCUT2D eigenvalue weighted by Gasteiger charge is 2.14. The molecular formula is C16H14N2O4. The number of nitrogens with one attached hydrogen (secondary N) is 1. The number of nitrogens with two attached hydrogens (primary N) is 1. The molecule has 6 nitrogen and oxygen atoms in total. The minimum atomic E-state index is -0.502. The Kier molecular flexibility index (Phi) is 3.65. The van der Waals surface area contributed by atoms with Crippen LogP contribution in [0.2, 0.25) is 0 Å². The molecule has 112 valence electrons. The van der Waals surface area contributed by atoms with Crippen LogP contribution in [0, 0.1) is 0 Å². The number of hydrogen-bond acceptors (Lipinski definition) is 4. The van der Waals surface area contributed by atoms with Gasteiger partial charge in [-0.15, -0.1) is 0 Å². The number of primary amides is 1. The number of fused-ring (bicyclic) bond motifs is 1. The number of carbonyl (C=O) groups is 2. The molecule has 0 aliphatic carbocycles. The van der Waals surface area contributed by atoms with Crippen LogP contribution in [0.3, 0.4) is 0 Å². The fourth-order valence-electron chi connectivity index (χ4n) is 2.16. The van der Waals surface area contributed by atoms with Gasteiger partial charge in [0.05, 0.1) is 6.42 Å². The zero-order valence-corrected chi connectivity index (χ0v) is 11.7. The molecule has 2 aromatic rings. The number of benzene rings is 2. The van der Waals surface area contributed by atoms with Crippen molar-refractivity contribution in [2.75, 3.05) is 12.1 Å². The molecule has 1 aliphatic rings. The average molecular weight is 298 g/mol. The molecule has 0 bridgehead atoms. The summed E-state index contributed by atoms with van der Waals surface area (Å²) in [6.45, 7) is 0.206. The van der Waals surface area contributed by atoms with E-state index >= 15 is 0 Å². The number of anilines is 1. The average Bonchev–Trinajstić information content (AvgIpc) is 2.95. The molecule has 0 spiro atoms. The lowest BCUT2D eigenvalue weighted by molar-refractivity contribution is -0.115. The van der Waals surface area contributed by atoms with Crippen LogP contribution in [-0.2, 0) is 11.2 Å². The first-order valence-electron chi connectivity index (χ1n) is 6.70. The van der Waals surface area contributed by atoms with Gasteiger partial charge in [-0.2, -0.15) is 0 Å². The van der Waals surface area contributed by atoms with Crippen molar-refractivity contribution in [1.82, 2.24) is 0 Å². The molecule has 0 atom stereocenters. The molecule has 0 fully saturated rings. The monoisotopic (exact) mass is 298 g/mol. The van der Waals surface area contributed by atoms with Crippen molar-refractivity contribution in [2.24, 2.45) is 5.73 Å². The molecule has 0 saturated heterocycles. The Morgan fingerprint density at radius 2 is 1.77 bits per heavy atom. The molecule has 22 heavy (non-hydrogen) atoms. The second-order valence-corrected chi connectivity index (χ2v) is 4.85. The number of carbonyl (C=O) groups excluding carboxylic acids is 2. The van der Waals surface area contributed by atoms with Gasteiger partial charge < -0.3 is 20.5 Å². The topological polar surface area (TPSA) is 90.7 Å². The van der Waals surface area contributed by atoms with E-state index in [9.17, 15) is 9.59 Å². The molecule has 3 N–H and O–H groups in total. The standard InChI is InChI=1S/C16H14N2O4/c17-16(20)11-2-4-12(5-3-11)18-15(19)8-10-1-6-13-14(7-10)22-9-21-13/h1-7H,8-9H2,(H2,17,20)(H,18,19). The zero-order chi connectivity index (χ0) is 15.5. The van der Waals surface area contributed by atoms with Crippen LogP contribution in [0.15, 0.2) is 42.5 Å². The Hall–Kier alpha value is -3.02. The van der Waals surface area contributed by atoms with Crippen LogP contribution >= 0.6 is 0 Å². The van der Waals surface area contributed by atoms with Gasteiger partial charge >= 0.3 is 0 Å². The van der Waals surface area contributed by atoms with E-state index in [1.807, 2.05) is 6.07 Å². The van der Waals surface area contributed by atoms with Crippen LogP contribution in [0.5, 0.6) is 11.5 Å². The quantitative estimate of drug-likeness (QED) is 0.898. The molecule has 2 amide bonds. The Balaban J connectivity index is 1.63. The van der Waals surface area contributed by atoms with Crippen LogP contribution in [0.1, 0.15) is 15.9 Å². The molecule has 0 unspecified atom stereocenters. The maximum Gasteiger partial charge on any atom is 0.248 e. The maximum absolute atomic E-state index is 12.0. The lowest BCUT2D eigenvalue weighted by Crippen LogP contribution is -2.15. The van der Waals surface area contributed by atoms with E-state index < -0.39 is 5.91 Å². The van der Waals surface area contributed by atoms with E-state index in [2.05, 4.69) is 5.32 Å². The third-order valence-electron chi connectivity index (χ3n) is 3.25. The summed E-state index contributed by atoms with van der Waals surface area (Å²) in [6.07, 6.45) is 0.216. The van der Waals surface area contributed by atoms with Crippen molar-refractivity contribution >= 4 is 17.5 Å². The summed E-state index contributed by atoms with van der Waals surface area (Å²) in [5.41, 5.74) is 7.00. The van der Waals surface area contributed by atoms with Gasteiger partial charge in [-0.05, 0) is 42.0 Å². The molecule has 6 heteroatoms. The molecule has 0 aromatic heterocycles. The van der Waals surface area contributed by atoms with Crippen molar-refractivity contribution < 1.29 is 19.1 Å². The Bertz CT molecular complexity index is 725. The summed E-state index contributed by atoms with van der Waals surface area (Å²) < 4.78 is 10.5. The number of hydrogen-bond donors (Lipinski definition) is 2. The van der Waals surface area contributed by atoms with Crippen molar-refractivity contribution in [3.05, 3.63) is 53.6 Å². The maximum atomic E-state index is 12.0. The summed E-state index contributed by atoms with van der Waals surface area (Å²) in [4.78, 5) is 23.0. The van der Waals surface area contributed by atoms with Gasteiger partial charge in [-0.3, -0.25) is 9.59 Å². The third kappa shape index (κ3) is 3.01. The molecule has 0 radical (unpaired) electrons. The van der Waals surface area contributed by atoms with Crippen molar-refractivity contribution in [3.8, 4) is 11.5 Å². The Labute approximate surface area is 126 Å².